The number of carbonyl (C=O) groups excluding carboxylic acids is 1. The molecule has 0 radical (unpaired) electrons. The molecule has 1 atom stereocenters. The quantitative estimate of drug-likeness (QED) is 0.837. The average molecular weight is 356 g/mol. The van der Waals surface area contributed by atoms with E-state index in [4.69, 9.17) is 0 Å². The fraction of sp³-hybridized carbons (Fsp3) is 0.381. The van der Waals surface area contributed by atoms with Gasteiger partial charge in [-0.3, -0.25) is 4.79 Å². The Morgan fingerprint density at radius 3 is 2.65 bits per heavy atom. The molecule has 2 N–H and O–H groups in total. The van der Waals surface area contributed by atoms with Crippen LogP contribution in [0.4, 0.5) is 4.39 Å². The predicted octanol–water partition coefficient (Wildman–Crippen LogP) is 2.78. The molecule has 138 valence electrons. The molecule has 1 heterocycles. The first kappa shape index (κ1) is 18.5. The highest BCUT2D eigenvalue weighted by Crippen LogP contribution is 2.24. The van der Waals surface area contributed by atoms with Gasteiger partial charge in [-0.1, -0.05) is 36.4 Å². The summed E-state index contributed by atoms with van der Waals surface area (Å²) >= 11 is 0. The smallest absolute Gasteiger partial charge is 0.256 e. The lowest BCUT2D eigenvalue weighted by molar-refractivity contribution is -0.157. The number of nitrogens with one attached hydrogen (secondary N) is 1. The third-order valence-electron chi connectivity index (χ3n) is 4.98. The standard InChI is InChI=1S/C21H25FN2O2/c1-16-5-2-3-6-18(16)13-23-15-21(26)11-4-12-24(20(21)25)14-17-7-9-19(22)10-8-17/h2-3,5-10,23,26H,4,11-15H2,1H3. The number of aryl methyl sites for hydroxylation is 1. The molecule has 0 bridgehead atoms. The van der Waals surface area contributed by atoms with Crippen molar-refractivity contribution in [2.24, 2.45) is 0 Å². The predicted molar refractivity (Wildman–Crippen MR) is 98.9 cm³/mol. The zero-order valence-corrected chi connectivity index (χ0v) is 15.0. The van der Waals surface area contributed by atoms with Crippen LogP contribution in [-0.4, -0.2) is 34.6 Å². The number of hydrogen-bond donors (Lipinski definition) is 2. The van der Waals surface area contributed by atoms with E-state index in [9.17, 15) is 14.3 Å². The van der Waals surface area contributed by atoms with Gasteiger partial charge >= 0.3 is 0 Å². The number of rotatable bonds is 6. The van der Waals surface area contributed by atoms with Gasteiger partial charge in [0, 0.05) is 26.2 Å². The maximum Gasteiger partial charge on any atom is 0.256 e. The van der Waals surface area contributed by atoms with Crippen LogP contribution < -0.4 is 5.32 Å². The summed E-state index contributed by atoms with van der Waals surface area (Å²) < 4.78 is 13.0. The number of aliphatic hydroxyl groups is 1. The van der Waals surface area contributed by atoms with Gasteiger partial charge in [-0.2, -0.15) is 0 Å². The van der Waals surface area contributed by atoms with Gasteiger partial charge in [0.05, 0.1) is 0 Å². The van der Waals surface area contributed by atoms with Crippen LogP contribution in [0.1, 0.15) is 29.5 Å². The first-order valence-electron chi connectivity index (χ1n) is 8.99. The number of benzene rings is 2. The van der Waals surface area contributed by atoms with Gasteiger partial charge in [-0.25, -0.2) is 4.39 Å². The van der Waals surface area contributed by atoms with Crippen LogP contribution in [0.25, 0.3) is 0 Å². The molecule has 1 saturated heterocycles. The van der Waals surface area contributed by atoms with E-state index in [0.29, 0.717) is 26.1 Å². The van der Waals surface area contributed by atoms with Crippen molar-refractivity contribution in [1.29, 1.82) is 0 Å². The van der Waals surface area contributed by atoms with Crippen molar-refractivity contribution < 1.29 is 14.3 Å². The number of nitrogens with zero attached hydrogens (tertiary/aromatic N) is 1. The van der Waals surface area contributed by atoms with Crippen LogP contribution in [0, 0.1) is 12.7 Å². The second-order valence-corrected chi connectivity index (χ2v) is 7.02. The highest BCUT2D eigenvalue weighted by molar-refractivity contribution is 5.86. The van der Waals surface area contributed by atoms with Crippen molar-refractivity contribution >= 4 is 5.91 Å². The minimum Gasteiger partial charge on any atom is -0.379 e. The SMILES string of the molecule is Cc1ccccc1CNCC1(O)CCCN(Cc2ccc(F)cc2)C1=O. The Bertz CT molecular complexity index is 763. The van der Waals surface area contributed by atoms with Gasteiger partial charge in [-0.15, -0.1) is 0 Å². The lowest BCUT2D eigenvalue weighted by Crippen LogP contribution is -2.57. The molecule has 3 rings (SSSR count). The Balaban J connectivity index is 1.60. The molecule has 1 aliphatic heterocycles. The molecular formula is C21H25FN2O2. The summed E-state index contributed by atoms with van der Waals surface area (Å²) in [5, 5.41) is 14.1. The van der Waals surface area contributed by atoms with Gasteiger partial charge in [-0.05, 0) is 48.6 Å². The second kappa shape index (κ2) is 7.98. The van der Waals surface area contributed by atoms with Crippen molar-refractivity contribution in [2.75, 3.05) is 13.1 Å². The van der Waals surface area contributed by atoms with Crippen LogP contribution in [0.15, 0.2) is 48.5 Å². The van der Waals surface area contributed by atoms with E-state index in [2.05, 4.69) is 5.32 Å². The summed E-state index contributed by atoms with van der Waals surface area (Å²) in [6.07, 6.45) is 1.20. The van der Waals surface area contributed by atoms with E-state index < -0.39 is 5.60 Å². The molecule has 0 aromatic heterocycles. The number of carbonyl (C=O) groups is 1. The van der Waals surface area contributed by atoms with Crippen LogP contribution in [0.2, 0.25) is 0 Å². The normalized spacial score (nSPS) is 20.4. The Hall–Kier alpha value is -2.24. The molecule has 1 aliphatic rings. The Morgan fingerprint density at radius 1 is 1.19 bits per heavy atom. The molecule has 0 spiro atoms. The van der Waals surface area contributed by atoms with E-state index >= 15 is 0 Å². The molecule has 2 aromatic rings. The lowest BCUT2D eigenvalue weighted by atomic mass is 9.91. The number of piperidine rings is 1. The van der Waals surface area contributed by atoms with Crippen molar-refractivity contribution in [2.45, 2.75) is 38.5 Å². The topological polar surface area (TPSA) is 52.6 Å². The molecule has 1 fully saturated rings. The molecule has 1 amide bonds. The summed E-state index contributed by atoms with van der Waals surface area (Å²) in [7, 11) is 0. The highest BCUT2D eigenvalue weighted by atomic mass is 19.1. The number of likely N-dealkylation sites (tertiary alicyclic amines) is 1. The minimum atomic E-state index is -1.39. The van der Waals surface area contributed by atoms with E-state index in [1.165, 1.54) is 17.7 Å². The number of amides is 1. The molecule has 4 nitrogen and oxygen atoms in total. The highest BCUT2D eigenvalue weighted by Gasteiger charge is 2.41. The van der Waals surface area contributed by atoms with Crippen LogP contribution in [0.5, 0.6) is 0 Å². The first-order valence-corrected chi connectivity index (χ1v) is 8.99. The van der Waals surface area contributed by atoms with E-state index in [1.54, 1.807) is 17.0 Å². The maximum absolute atomic E-state index is 13.0. The Kier molecular flexibility index (Phi) is 5.69. The third-order valence-corrected chi connectivity index (χ3v) is 4.98. The molecule has 2 aromatic carbocycles. The van der Waals surface area contributed by atoms with Crippen molar-refractivity contribution in [3.05, 3.63) is 71.0 Å². The molecule has 26 heavy (non-hydrogen) atoms. The Labute approximate surface area is 153 Å². The summed E-state index contributed by atoms with van der Waals surface area (Å²) in [4.78, 5) is 14.4. The van der Waals surface area contributed by atoms with Crippen LogP contribution >= 0.6 is 0 Å². The summed E-state index contributed by atoms with van der Waals surface area (Å²) in [5.41, 5.74) is 1.81. The molecular weight excluding hydrogens is 331 g/mol. The van der Waals surface area contributed by atoms with E-state index in [0.717, 1.165) is 17.5 Å². The second-order valence-electron chi connectivity index (χ2n) is 7.02. The Morgan fingerprint density at radius 2 is 1.92 bits per heavy atom. The summed E-state index contributed by atoms with van der Waals surface area (Å²) in [5.74, 6) is -0.555. The molecule has 5 heteroatoms. The minimum absolute atomic E-state index is 0.222. The molecule has 0 aliphatic carbocycles. The number of hydrogen-bond acceptors (Lipinski definition) is 3. The molecule has 0 saturated carbocycles. The first-order chi connectivity index (χ1) is 12.5. The fourth-order valence-electron chi connectivity index (χ4n) is 3.40. The van der Waals surface area contributed by atoms with Gasteiger partial charge in [0.2, 0.25) is 0 Å². The summed E-state index contributed by atoms with van der Waals surface area (Å²) in [6.45, 7) is 3.87. The van der Waals surface area contributed by atoms with E-state index in [1.807, 2.05) is 31.2 Å². The van der Waals surface area contributed by atoms with E-state index in [-0.39, 0.29) is 18.3 Å². The largest absolute Gasteiger partial charge is 0.379 e. The number of halogens is 1. The summed E-state index contributed by atoms with van der Waals surface area (Å²) in [6, 6.07) is 14.2. The van der Waals surface area contributed by atoms with Crippen LogP contribution in [0.3, 0.4) is 0 Å². The van der Waals surface area contributed by atoms with Crippen molar-refractivity contribution in [3.63, 3.8) is 0 Å². The average Bonchev–Trinajstić information content (AvgIpc) is 2.63. The van der Waals surface area contributed by atoms with Gasteiger partial charge in [0.1, 0.15) is 5.82 Å². The monoisotopic (exact) mass is 356 g/mol. The van der Waals surface area contributed by atoms with Crippen molar-refractivity contribution in [3.8, 4) is 0 Å². The van der Waals surface area contributed by atoms with Gasteiger partial charge < -0.3 is 15.3 Å². The lowest BCUT2D eigenvalue weighted by Gasteiger charge is -2.38. The zero-order valence-electron chi connectivity index (χ0n) is 15.0. The maximum atomic E-state index is 13.0. The van der Waals surface area contributed by atoms with Gasteiger partial charge in [0.15, 0.2) is 5.60 Å². The molecule has 1 unspecified atom stereocenters. The van der Waals surface area contributed by atoms with Crippen molar-refractivity contribution in [1.82, 2.24) is 10.2 Å². The van der Waals surface area contributed by atoms with Crippen LogP contribution in [-0.2, 0) is 17.9 Å². The zero-order chi connectivity index (χ0) is 18.6. The fourth-order valence-corrected chi connectivity index (χ4v) is 3.40. The van der Waals surface area contributed by atoms with Gasteiger partial charge in [0.25, 0.3) is 5.91 Å². The third kappa shape index (κ3) is 4.29.